The first-order valence-corrected chi connectivity index (χ1v) is 8.30. The molecule has 0 saturated carbocycles. The van der Waals surface area contributed by atoms with E-state index in [2.05, 4.69) is 25.4 Å². The van der Waals surface area contributed by atoms with Gasteiger partial charge in [0.15, 0.2) is 11.5 Å². The molecule has 9 nitrogen and oxygen atoms in total. The molecular formula is C16H19N7O2. The van der Waals surface area contributed by atoms with E-state index in [0.29, 0.717) is 36.2 Å². The highest BCUT2D eigenvalue weighted by Gasteiger charge is 2.29. The minimum atomic E-state index is 0.00585. The average molecular weight is 341 g/mol. The number of hydrogen-bond donors (Lipinski definition) is 1. The highest BCUT2D eigenvalue weighted by molar-refractivity contribution is 5.92. The van der Waals surface area contributed by atoms with Crippen molar-refractivity contribution in [3.05, 3.63) is 36.0 Å². The summed E-state index contributed by atoms with van der Waals surface area (Å²) < 4.78 is 7.03. The number of aromatic nitrogens is 6. The molecule has 4 rings (SSSR count). The number of aromatic amines is 1. The van der Waals surface area contributed by atoms with E-state index in [1.165, 1.54) is 0 Å². The third kappa shape index (κ3) is 2.92. The summed E-state index contributed by atoms with van der Waals surface area (Å²) in [5.41, 5.74) is 1.15. The van der Waals surface area contributed by atoms with Crippen LogP contribution in [0.5, 0.6) is 0 Å². The van der Waals surface area contributed by atoms with E-state index in [-0.39, 0.29) is 17.9 Å². The summed E-state index contributed by atoms with van der Waals surface area (Å²) in [7, 11) is 0. The van der Waals surface area contributed by atoms with Gasteiger partial charge in [-0.05, 0) is 18.6 Å². The van der Waals surface area contributed by atoms with Crippen LogP contribution in [0.15, 0.2) is 29.0 Å². The van der Waals surface area contributed by atoms with Gasteiger partial charge in [-0.15, -0.1) is 5.10 Å². The van der Waals surface area contributed by atoms with E-state index in [4.69, 9.17) is 4.52 Å². The Labute approximate surface area is 144 Å². The van der Waals surface area contributed by atoms with Crippen LogP contribution in [0.3, 0.4) is 0 Å². The Morgan fingerprint density at radius 1 is 1.44 bits per heavy atom. The van der Waals surface area contributed by atoms with Crippen LogP contribution in [0.2, 0.25) is 0 Å². The van der Waals surface area contributed by atoms with Gasteiger partial charge in [-0.25, -0.2) is 4.68 Å². The summed E-state index contributed by atoms with van der Waals surface area (Å²) in [6.07, 6.45) is 4.38. The molecule has 0 bridgehead atoms. The molecule has 1 amide bonds. The number of hydrogen-bond acceptors (Lipinski definition) is 6. The van der Waals surface area contributed by atoms with E-state index < -0.39 is 0 Å². The van der Waals surface area contributed by atoms with Gasteiger partial charge in [-0.2, -0.15) is 4.98 Å². The maximum Gasteiger partial charge on any atom is 0.280 e. The largest absolute Gasteiger partial charge is 0.357 e. The molecule has 3 aromatic heterocycles. The van der Waals surface area contributed by atoms with Crippen LogP contribution in [0.25, 0.3) is 11.6 Å². The third-order valence-corrected chi connectivity index (χ3v) is 4.34. The summed E-state index contributed by atoms with van der Waals surface area (Å²) in [5, 5.41) is 12.3. The molecule has 130 valence electrons. The molecule has 3 aromatic rings. The Kier molecular flexibility index (Phi) is 3.83. The van der Waals surface area contributed by atoms with Crippen LogP contribution < -0.4 is 0 Å². The van der Waals surface area contributed by atoms with Crippen molar-refractivity contribution >= 4 is 5.91 Å². The van der Waals surface area contributed by atoms with Crippen molar-refractivity contribution in [3.8, 4) is 11.6 Å². The normalized spacial score (nSPS) is 17.6. The van der Waals surface area contributed by atoms with Crippen molar-refractivity contribution < 1.29 is 9.32 Å². The number of nitrogens with one attached hydrogen (secondary N) is 1. The number of nitrogens with zero attached hydrogens (tertiary/aromatic N) is 6. The Balaban J connectivity index is 1.46. The smallest absolute Gasteiger partial charge is 0.280 e. The number of amides is 1. The van der Waals surface area contributed by atoms with Gasteiger partial charge in [0, 0.05) is 25.2 Å². The topological polar surface area (TPSA) is 106 Å². The van der Waals surface area contributed by atoms with Gasteiger partial charge in [0.05, 0.1) is 12.2 Å². The Morgan fingerprint density at radius 2 is 2.32 bits per heavy atom. The second-order valence-corrected chi connectivity index (χ2v) is 6.47. The lowest BCUT2D eigenvalue weighted by atomic mass is 10.2. The number of likely N-dealkylation sites (tertiary alicyclic amines) is 1. The molecule has 25 heavy (non-hydrogen) atoms. The highest BCUT2D eigenvalue weighted by atomic mass is 16.5. The molecule has 1 unspecified atom stereocenters. The zero-order chi connectivity index (χ0) is 17.4. The maximum absolute atomic E-state index is 12.4. The van der Waals surface area contributed by atoms with Gasteiger partial charge >= 0.3 is 0 Å². The summed E-state index contributed by atoms with van der Waals surface area (Å²) >= 11 is 0. The van der Waals surface area contributed by atoms with Crippen LogP contribution in [0.1, 0.15) is 48.5 Å². The number of carbonyl (C=O) groups is 1. The Bertz CT molecular complexity index is 865. The molecule has 0 aliphatic carbocycles. The summed E-state index contributed by atoms with van der Waals surface area (Å²) in [6.45, 7) is 5.29. The monoisotopic (exact) mass is 341 g/mol. The SMILES string of the molecule is CC(C)c1noc(-c2cn(C3CCN(C(=O)c4ccc[nH]4)C3)nn2)n1. The van der Waals surface area contributed by atoms with Gasteiger partial charge in [-0.1, -0.05) is 24.2 Å². The molecule has 0 aromatic carbocycles. The Hall–Kier alpha value is -2.97. The number of rotatable bonds is 4. The second-order valence-electron chi connectivity index (χ2n) is 6.47. The van der Waals surface area contributed by atoms with Crippen LogP contribution in [-0.2, 0) is 0 Å². The van der Waals surface area contributed by atoms with Crippen molar-refractivity contribution in [2.24, 2.45) is 0 Å². The van der Waals surface area contributed by atoms with Crippen molar-refractivity contribution in [3.63, 3.8) is 0 Å². The van der Waals surface area contributed by atoms with Gasteiger partial charge in [0.2, 0.25) is 0 Å². The number of H-pyrrole nitrogens is 1. The van der Waals surface area contributed by atoms with Crippen LogP contribution in [-0.4, -0.2) is 54.0 Å². The van der Waals surface area contributed by atoms with Gasteiger partial charge in [-0.3, -0.25) is 4.79 Å². The fourth-order valence-electron chi connectivity index (χ4n) is 2.90. The lowest BCUT2D eigenvalue weighted by Gasteiger charge is -2.15. The molecule has 1 atom stereocenters. The number of carbonyl (C=O) groups excluding carboxylic acids is 1. The van der Waals surface area contributed by atoms with Crippen molar-refractivity contribution in [1.82, 2.24) is 35.0 Å². The predicted molar refractivity (Wildman–Crippen MR) is 87.8 cm³/mol. The lowest BCUT2D eigenvalue weighted by molar-refractivity contribution is 0.0782. The molecule has 1 aliphatic rings. The molecular weight excluding hydrogens is 322 g/mol. The Morgan fingerprint density at radius 3 is 3.04 bits per heavy atom. The summed E-state index contributed by atoms with van der Waals surface area (Å²) in [6, 6.07) is 3.69. The molecule has 9 heteroatoms. The fourth-order valence-corrected chi connectivity index (χ4v) is 2.90. The van der Waals surface area contributed by atoms with E-state index >= 15 is 0 Å². The van der Waals surface area contributed by atoms with Gasteiger partial charge < -0.3 is 14.4 Å². The standard InChI is InChI=1S/C16H19N7O2/c1-10(2)14-18-15(25-20-14)13-9-23(21-19-13)11-5-7-22(8-11)16(24)12-4-3-6-17-12/h3-4,6,9-11,17H,5,7-8H2,1-2H3. The maximum atomic E-state index is 12.4. The minimum absolute atomic E-state index is 0.00585. The van der Waals surface area contributed by atoms with E-state index in [0.717, 1.165) is 6.42 Å². The first-order chi connectivity index (χ1) is 12.1. The summed E-state index contributed by atoms with van der Waals surface area (Å²) in [5.74, 6) is 1.21. The molecule has 4 heterocycles. The average Bonchev–Trinajstić information content (AvgIpc) is 3.42. The van der Waals surface area contributed by atoms with E-state index in [1.807, 2.05) is 24.8 Å². The van der Waals surface area contributed by atoms with Crippen molar-refractivity contribution in [1.29, 1.82) is 0 Å². The molecule has 1 aliphatic heterocycles. The van der Waals surface area contributed by atoms with Crippen LogP contribution in [0, 0.1) is 0 Å². The fraction of sp³-hybridized carbons (Fsp3) is 0.438. The molecule has 0 spiro atoms. The minimum Gasteiger partial charge on any atom is -0.357 e. The molecule has 1 N–H and O–H groups in total. The van der Waals surface area contributed by atoms with Crippen LogP contribution >= 0.6 is 0 Å². The first kappa shape index (κ1) is 15.6. The zero-order valence-electron chi connectivity index (χ0n) is 14.1. The first-order valence-electron chi connectivity index (χ1n) is 8.30. The van der Waals surface area contributed by atoms with Gasteiger partial charge in [0.1, 0.15) is 5.69 Å². The lowest BCUT2D eigenvalue weighted by Crippen LogP contribution is -2.29. The van der Waals surface area contributed by atoms with Crippen LogP contribution in [0.4, 0.5) is 0 Å². The molecule has 0 radical (unpaired) electrons. The third-order valence-electron chi connectivity index (χ3n) is 4.34. The van der Waals surface area contributed by atoms with Crippen molar-refractivity contribution in [2.45, 2.75) is 32.2 Å². The van der Waals surface area contributed by atoms with E-state index in [1.54, 1.807) is 23.1 Å². The van der Waals surface area contributed by atoms with Gasteiger partial charge in [0.25, 0.3) is 11.8 Å². The molecule has 1 saturated heterocycles. The van der Waals surface area contributed by atoms with Crippen molar-refractivity contribution in [2.75, 3.05) is 13.1 Å². The highest BCUT2D eigenvalue weighted by Crippen LogP contribution is 2.24. The summed E-state index contributed by atoms with van der Waals surface area (Å²) in [4.78, 5) is 21.5. The quantitative estimate of drug-likeness (QED) is 0.776. The molecule has 1 fully saturated rings. The second kappa shape index (κ2) is 6.15. The predicted octanol–water partition coefficient (Wildman–Crippen LogP) is 1.87. The van der Waals surface area contributed by atoms with E-state index in [9.17, 15) is 4.79 Å². The zero-order valence-corrected chi connectivity index (χ0v) is 14.1.